The molecule has 1 rings (SSSR count). The highest BCUT2D eigenvalue weighted by atomic mass is 19.4. The van der Waals surface area contributed by atoms with E-state index in [1.807, 2.05) is 0 Å². The predicted molar refractivity (Wildman–Crippen MR) is 61.1 cm³/mol. The van der Waals surface area contributed by atoms with Gasteiger partial charge in [0.1, 0.15) is 6.61 Å². The Hall–Kier alpha value is -2.40. The van der Waals surface area contributed by atoms with Crippen LogP contribution in [0.4, 0.5) is 13.2 Å². The molecule has 0 N–H and O–H groups in total. The summed E-state index contributed by atoms with van der Waals surface area (Å²) in [6.07, 6.45) is -0.817. The highest BCUT2D eigenvalue weighted by molar-refractivity contribution is 6.20. The monoisotopic (exact) mass is 270 g/mol. The molecule has 0 amide bonds. The van der Waals surface area contributed by atoms with Crippen LogP contribution in [0.2, 0.25) is 0 Å². The third-order valence-corrected chi connectivity index (χ3v) is 2.03. The topological polar surface area (TPSA) is 62.7 Å². The number of nitrogens with zero attached hydrogens (tertiary/aromatic N) is 2. The number of carbonyl (C=O) groups excluding carboxylic acids is 1. The average Bonchev–Trinajstić information content (AvgIpc) is 2.34. The lowest BCUT2D eigenvalue weighted by molar-refractivity contribution is -0.138. The number of hydrogen-bond donors (Lipinski definition) is 0. The van der Waals surface area contributed by atoms with Crippen LogP contribution in [0.15, 0.2) is 30.3 Å². The first-order valence-electron chi connectivity index (χ1n) is 5.11. The standard InChI is InChI=1S/C12H9F3N2O2/c13-12(14,15)10-5-3-9(4-6-10)2-1-7-19-11(18)8-17-16/h1-6,8H,7H2. The number of esters is 1. The first-order valence-corrected chi connectivity index (χ1v) is 5.11. The van der Waals surface area contributed by atoms with Crippen LogP contribution < -0.4 is 0 Å². The molecule has 0 aliphatic rings. The Kier molecular flexibility index (Phi) is 5.02. The van der Waals surface area contributed by atoms with E-state index in [1.165, 1.54) is 24.3 Å². The minimum absolute atomic E-state index is 0.0775. The predicted octanol–water partition coefficient (Wildman–Crippen LogP) is 2.56. The molecule has 0 heterocycles. The molecule has 4 nitrogen and oxygen atoms in total. The summed E-state index contributed by atoms with van der Waals surface area (Å²) >= 11 is 0. The number of halogens is 3. The second-order valence-electron chi connectivity index (χ2n) is 3.40. The third kappa shape index (κ3) is 5.18. The van der Waals surface area contributed by atoms with Crippen molar-refractivity contribution in [2.24, 2.45) is 0 Å². The lowest BCUT2D eigenvalue weighted by Crippen LogP contribution is -2.05. The van der Waals surface area contributed by atoms with Gasteiger partial charge in [0.25, 0.3) is 0 Å². The van der Waals surface area contributed by atoms with Gasteiger partial charge in [-0.3, -0.25) is 0 Å². The van der Waals surface area contributed by atoms with E-state index in [1.54, 1.807) is 0 Å². The summed E-state index contributed by atoms with van der Waals surface area (Å²) in [4.78, 5) is 13.2. The maximum atomic E-state index is 12.3. The number of rotatable bonds is 4. The zero-order chi connectivity index (χ0) is 14.3. The van der Waals surface area contributed by atoms with Gasteiger partial charge in [0, 0.05) is 0 Å². The van der Waals surface area contributed by atoms with Crippen molar-refractivity contribution >= 4 is 18.3 Å². The molecule has 0 fully saturated rings. The Morgan fingerprint density at radius 2 is 1.95 bits per heavy atom. The van der Waals surface area contributed by atoms with Crippen LogP contribution in [0, 0.1) is 0 Å². The van der Waals surface area contributed by atoms with E-state index in [4.69, 9.17) is 5.53 Å². The fourth-order valence-electron chi connectivity index (χ4n) is 1.18. The summed E-state index contributed by atoms with van der Waals surface area (Å²) in [6.45, 7) is -0.0775. The van der Waals surface area contributed by atoms with Gasteiger partial charge in [-0.2, -0.15) is 18.0 Å². The molecule has 0 saturated heterocycles. The third-order valence-electron chi connectivity index (χ3n) is 2.03. The molecule has 100 valence electrons. The maximum Gasteiger partial charge on any atom is 0.416 e. The van der Waals surface area contributed by atoms with Crippen molar-refractivity contribution in [3.63, 3.8) is 0 Å². The zero-order valence-electron chi connectivity index (χ0n) is 9.59. The van der Waals surface area contributed by atoms with Crippen molar-refractivity contribution in [2.75, 3.05) is 6.61 Å². The Morgan fingerprint density at radius 1 is 1.32 bits per heavy atom. The van der Waals surface area contributed by atoms with E-state index < -0.39 is 17.7 Å². The Labute approximate surface area is 106 Å². The van der Waals surface area contributed by atoms with Crippen LogP contribution in [0.1, 0.15) is 11.1 Å². The van der Waals surface area contributed by atoms with Crippen molar-refractivity contribution in [3.8, 4) is 0 Å². The lowest BCUT2D eigenvalue weighted by atomic mass is 10.1. The largest absolute Gasteiger partial charge is 0.453 e. The Morgan fingerprint density at radius 3 is 2.47 bits per heavy atom. The van der Waals surface area contributed by atoms with E-state index in [0.29, 0.717) is 11.8 Å². The Balaban J connectivity index is 2.54. The summed E-state index contributed by atoms with van der Waals surface area (Å²) in [5, 5.41) is 0. The van der Waals surface area contributed by atoms with Crippen LogP contribution in [0.3, 0.4) is 0 Å². The molecule has 0 spiro atoms. The number of alkyl halides is 3. The van der Waals surface area contributed by atoms with Crippen molar-refractivity contribution < 1.29 is 27.5 Å². The quantitative estimate of drug-likeness (QED) is 0.365. The second-order valence-corrected chi connectivity index (χ2v) is 3.40. The molecule has 0 atom stereocenters. The van der Waals surface area contributed by atoms with Crippen molar-refractivity contribution in [1.82, 2.24) is 0 Å². The van der Waals surface area contributed by atoms with Gasteiger partial charge in [-0.15, -0.1) is 0 Å². The minimum Gasteiger partial charge on any atom is -0.453 e. The molecule has 0 bridgehead atoms. The van der Waals surface area contributed by atoms with Crippen LogP contribution in [0.25, 0.3) is 11.6 Å². The van der Waals surface area contributed by atoms with Crippen LogP contribution >= 0.6 is 0 Å². The number of carbonyl (C=O) groups is 1. The Bertz CT molecular complexity index is 515. The number of benzene rings is 1. The molecule has 0 saturated carbocycles. The van der Waals surface area contributed by atoms with E-state index in [-0.39, 0.29) is 6.61 Å². The van der Waals surface area contributed by atoms with Gasteiger partial charge in [0.05, 0.1) is 5.56 Å². The van der Waals surface area contributed by atoms with E-state index in [0.717, 1.165) is 12.1 Å². The van der Waals surface area contributed by atoms with Gasteiger partial charge >= 0.3 is 18.4 Å². The first-order chi connectivity index (χ1) is 8.93. The lowest BCUT2D eigenvalue weighted by Gasteiger charge is -2.05. The van der Waals surface area contributed by atoms with Crippen LogP contribution in [0.5, 0.6) is 0 Å². The fraction of sp³-hybridized carbons (Fsp3) is 0.167. The molecule has 0 unspecified atom stereocenters. The van der Waals surface area contributed by atoms with Crippen LogP contribution in [-0.4, -0.2) is 23.6 Å². The summed E-state index contributed by atoms with van der Waals surface area (Å²) < 4.78 is 41.4. The van der Waals surface area contributed by atoms with E-state index in [2.05, 4.69) is 9.53 Å². The summed E-state index contributed by atoms with van der Waals surface area (Å²) in [5.74, 6) is -0.820. The van der Waals surface area contributed by atoms with Crippen molar-refractivity contribution in [3.05, 3.63) is 47.0 Å². The normalized spacial score (nSPS) is 11.1. The van der Waals surface area contributed by atoms with Crippen LogP contribution in [-0.2, 0) is 15.7 Å². The highest BCUT2D eigenvalue weighted by Crippen LogP contribution is 2.29. The molecule has 7 heteroatoms. The summed E-state index contributed by atoms with van der Waals surface area (Å²) in [7, 11) is 0. The molecule has 0 radical (unpaired) electrons. The number of ether oxygens (including phenoxy) is 1. The van der Waals surface area contributed by atoms with Gasteiger partial charge in [-0.25, -0.2) is 4.79 Å². The molecular formula is C12H9F3N2O2. The molecule has 19 heavy (non-hydrogen) atoms. The molecule has 1 aromatic rings. The molecule has 1 aromatic carbocycles. The number of hydrogen-bond acceptors (Lipinski definition) is 2. The molecular weight excluding hydrogens is 261 g/mol. The highest BCUT2D eigenvalue weighted by Gasteiger charge is 2.29. The van der Waals surface area contributed by atoms with Crippen molar-refractivity contribution in [2.45, 2.75) is 6.18 Å². The van der Waals surface area contributed by atoms with Gasteiger partial charge in [0.15, 0.2) is 0 Å². The molecule has 0 aliphatic heterocycles. The van der Waals surface area contributed by atoms with E-state index in [9.17, 15) is 18.0 Å². The molecule has 0 aromatic heterocycles. The summed E-state index contributed by atoms with van der Waals surface area (Å²) in [6, 6.07) is 4.53. The second kappa shape index (κ2) is 6.51. The maximum absolute atomic E-state index is 12.3. The van der Waals surface area contributed by atoms with Gasteiger partial charge in [-0.05, 0) is 23.8 Å². The van der Waals surface area contributed by atoms with Gasteiger partial charge in [-0.1, -0.05) is 18.2 Å². The van der Waals surface area contributed by atoms with E-state index >= 15 is 0 Å². The first kappa shape index (κ1) is 14.7. The average molecular weight is 270 g/mol. The minimum atomic E-state index is -4.36. The fourth-order valence-corrected chi connectivity index (χ4v) is 1.18. The summed E-state index contributed by atoms with van der Waals surface area (Å²) in [5.41, 5.74) is 7.84. The SMILES string of the molecule is [N-]=[N+]=CC(=O)OCC=Cc1ccc(C(F)(F)F)cc1. The zero-order valence-corrected chi connectivity index (χ0v) is 9.59. The van der Waals surface area contributed by atoms with Crippen molar-refractivity contribution in [1.29, 1.82) is 0 Å². The van der Waals surface area contributed by atoms with Gasteiger partial charge < -0.3 is 10.3 Å². The molecule has 0 aliphatic carbocycles. The smallest absolute Gasteiger partial charge is 0.416 e. The van der Waals surface area contributed by atoms with Gasteiger partial charge in [0.2, 0.25) is 0 Å².